The fourth-order valence-corrected chi connectivity index (χ4v) is 0. The van der Waals surface area contributed by atoms with Crippen molar-refractivity contribution in [2.45, 2.75) is 0 Å². The van der Waals surface area contributed by atoms with Gasteiger partial charge in [-0.1, -0.05) is 0 Å². The molecule has 0 aliphatic rings. The van der Waals surface area contributed by atoms with Crippen LogP contribution in [-0.4, -0.2) is 37.7 Å². The molecule has 0 spiro atoms. The summed E-state index contributed by atoms with van der Waals surface area (Å²) in [6.07, 6.45) is 0. The fourth-order valence-electron chi connectivity index (χ4n) is 0. The van der Waals surface area contributed by atoms with E-state index in [2.05, 4.69) is 0 Å². The number of halogens is 2. The van der Waals surface area contributed by atoms with Crippen LogP contribution in [0.15, 0.2) is 0 Å². The molecule has 0 aromatic heterocycles. The molecule has 4 heavy (non-hydrogen) atoms. The normalized spacial score (nSPS) is 0. The standard InChI is InChI=1S/Ca.2FH.K/h;2*1H;/q+2;;;+1/p-2. The van der Waals surface area contributed by atoms with Crippen LogP contribution in [0.3, 0.4) is 0 Å². The van der Waals surface area contributed by atoms with Crippen LogP contribution >= 0.6 is 0 Å². The molecule has 0 rings (SSSR count). The second-order valence-electron chi connectivity index (χ2n) is 0. The van der Waals surface area contributed by atoms with Gasteiger partial charge in [0, 0.05) is 0 Å². The quantitative estimate of drug-likeness (QED) is 0.276. The van der Waals surface area contributed by atoms with Crippen LogP contribution in [0.2, 0.25) is 0 Å². The fraction of sp³-hybridized carbons (Fsp3) is 0. The van der Waals surface area contributed by atoms with Crippen LogP contribution in [-0.2, 0) is 0 Å². The molecule has 4 heteroatoms. The van der Waals surface area contributed by atoms with Crippen LogP contribution in [0, 0.1) is 0 Å². The Hall–Kier alpha value is 2.76. The van der Waals surface area contributed by atoms with Crippen molar-refractivity contribution in [1.82, 2.24) is 0 Å². The van der Waals surface area contributed by atoms with Gasteiger partial charge in [-0.3, -0.25) is 0 Å². The molecule has 0 N–H and O–H groups in total. The van der Waals surface area contributed by atoms with E-state index in [1.54, 1.807) is 0 Å². The molecule has 16 valence electrons. The molecule has 0 unspecified atom stereocenters. The van der Waals surface area contributed by atoms with Crippen molar-refractivity contribution in [2.24, 2.45) is 0 Å². The minimum atomic E-state index is 0. The van der Waals surface area contributed by atoms with Gasteiger partial charge in [0.2, 0.25) is 0 Å². The first-order valence-corrected chi connectivity index (χ1v) is 0. The zero-order valence-corrected chi connectivity index (χ0v) is 7.79. The Labute approximate surface area is 95.9 Å². The van der Waals surface area contributed by atoms with Gasteiger partial charge in [-0.25, -0.2) is 0 Å². The van der Waals surface area contributed by atoms with Crippen LogP contribution in [0.4, 0.5) is 0 Å². The van der Waals surface area contributed by atoms with Gasteiger partial charge in [0.25, 0.3) is 0 Å². The second kappa shape index (κ2) is 17.1. The van der Waals surface area contributed by atoms with Crippen molar-refractivity contribution in [3.63, 3.8) is 0 Å². The summed E-state index contributed by atoms with van der Waals surface area (Å²) in [5.74, 6) is 0. The van der Waals surface area contributed by atoms with Gasteiger partial charge in [-0.05, 0) is 0 Å². The maximum atomic E-state index is 0. The SMILES string of the molecule is [Ca+2].[F-].[F-].[K+]. The first kappa shape index (κ1) is 29.5. The Morgan fingerprint density at radius 1 is 0.750 bits per heavy atom. The predicted molar refractivity (Wildman–Crippen MR) is 5.75 cm³/mol. The zero-order valence-electron chi connectivity index (χ0n) is 2.46. The van der Waals surface area contributed by atoms with E-state index in [9.17, 15) is 0 Å². The average Bonchev–Trinajstić information content (AvgIpc) is 0. The average molecular weight is 117 g/mol. The van der Waals surface area contributed by atoms with E-state index >= 15 is 0 Å². The third-order valence-electron chi connectivity index (χ3n) is 0. The second-order valence-corrected chi connectivity index (χ2v) is 0. The molecule has 0 nitrogen and oxygen atoms in total. The van der Waals surface area contributed by atoms with E-state index in [1.807, 2.05) is 0 Å². The Balaban J connectivity index is 0. The summed E-state index contributed by atoms with van der Waals surface area (Å²) >= 11 is 0. The summed E-state index contributed by atoms with van der Waals surface area (Å²) in [6, 6.07) is 0. The van der Waals surface area contributed by atoms with E-state index < -0.39 is 0 Å². The van der Waals surface area contributed by atoms with Gasteiger partial charge in [0.05, 0.1) is 0 Å². The number of hydrogen-bond donors (Lipinski definition) is 0. The largest absolute Gasteiger partial charge is 2.00 e. The monoisotopic (exact) mass is 117 g/mol. The van der Waals surface area contributed by atoms with E-state index in [4.69, 9.17) is 0 Å². The molecule has 0 aliphatic carbocycles. The molecule has 0 heterocycles. The van der Waals surface area contributed by atoms with Crippen molar-refractivity contribution in [1.29, 1.82) is 0 Å². The van der Waals surface area contributed by atoms with Crippen molar-refractivity contribution >= 4 is 37.7 Å². The molecule has 0 radical (unpaired) electrons. The van der Waals surface area contributed by atoms with E-state index in [-0.39, 0.29) is 98.5 Å². The molecule has 0 aromatic carbocycles. The summed E-state index contributed by atoms with van der Waals surface area (Å²) in [5.41, 5.74) is 0. The maximum Gasteiger partial charge on any atom is 2.00 e. The van der Waals surface area contributed by atoms with Crippen molar-refractivity contribution in [2.75, 3.05) is 0 Å². The molecule has 0 aromatic rings. The Morgan fingerprint density at radius 3 is 0.750 bits per heavy atom. The topological polar surface area (TPSA) is 0 Å². The Morgan fingerprint density at radius 2 is 0.750 bits per heavy atom. The molecule has 0 bridgehead atoms. The van der Waals surface area contributed by atoms with E-state index in [0.29, 0.717) is 0 Å². The molecular formula is CaF2K+. The van der Waals surface area contributed by atoms with Crippen LogP contribution in [0.1, 0.15) is 0 Å². The van der Waals surface area contributed by atoms with Crippen LogP contribution < -0.4 is 60.8 Å². The van der Waals surface area contributed by atoms with Crippen molar-refractivity contribution in [3.05, 3.63) is 0 Å². The number of hydrogen-bond acceptors (Lipinski definition) is 0. The van der Waals surface area contributed by atoms with E-state index in [0.717, 1.165) is 0 Å². The first-order valence-electron chi connectivity index (χ1n) is 0. The van der Waals surface area contributed by atoms with Gasteiger partial charge in [-0.15, -0.1) is 0 Å². The minimum absolute atomic E-state index is 0. The summed E-state index contributed by atoms with van der Waals surface area (Å²) in [6.45, 7) is 0. The third kappa shape index (κ3) is 8.83. The Bertz CT molecular complexity index is 6.00. The smallest absolute Gasteiger partial charge is 1.00 e. The van der Waals surface area contributed by atoms with Gasteiger partial charge in [-0.2, -0.15) is 0 Å². The molecule has 0 saturated heterocycles. The molecule has 0 saturated carbocycles. The van der Waals surface area contributed by atoms with Gasteiger partial charge in [0.15, 0.2) is 0 Å². The molecule has 0 amide bonds. The number of rotatable bonds is 0. The van der Waals surface area contributed by atoms with Gasteiger partial charge >= 0.3 is 89.1 Å². The summed E-state index contributed by atoms with van der Waals surface area (Å²) in [4.78, 5) is 0. The van der Waals surface area contributed by atoms with Crippen molar-refractivity contribution in [3.8, 4) is 0 Å². The summed E-state index contributed by atoms with van der Waals surface area (Å²) in [5, 5.41) is 0. The molecule has 0 atom stereocenters. The Kier molecular flexibility index (Phi) is 126. The predicted octanol–water partition coefficient (Wildman–Crippen LogP) is -9.37. The molecule has 0 fully saturated rings. The van der Waals surface area contributed by atoms with E-state index in [1.165, 1.54) is 0 Å². The first-order chi connectivity index (χ1) is 0. The van der Waals surface area contributed by atoms with Gasteiger partial charge < -0.3 is 9.41 Å². The van der Waals surface area contributed by atoms with Crippen molar-refractivity contribution < 1.29 is 60.8 Å². The van der Waals surface area contributed by atoms with Gasteiger partial charge in [0.1, 0.15) is 0 Å². The molecular weight excluding hydrogens is 117 g/mol. The third-order valence-corrected chi connectivity index (χ3v) is 0. The maximum absolute atomic E-state index is 0. The minimum Gasteiger partial charge on any atom is -1.00 e. The van der Waals surface area contributed by atoms with Crippen LogP contribution in [0.25, 0.3) is 0 Å². The summed E-state index contributed by atoms with van der Waals surface area (Å²) < 4.78 is 0. The molecule has 0 aliphatic heterocycles. The zero-order chi connectivity index (χ0) is 0. The van der Waals surface area contributed by atoms with Crippen LogP contribution in [0.5, 0.6) is 0 Å². The summed E-state index contributed by atoms with van der Waals surface area (Å²) in [7, 11) is 0.